The lowest BCUT2D eigenvalue weighted by Gasteiger charge is -2.17. The third kappa shape index (κ3) is 4.24. The van der Waals surface area contributed by atoms with Crippen molar-refractivity contribution in [3.63, 3.8) is 0 Å². The first kappa shape index (κ1) is 23.0. The molecule has 34 heavy (non-hydrogen) atoms. The van der Waals surface area contributed by atoms with Gasteiger partial charge in [-0.2, -0.15) is 0 Å². The number of aromatic amines is 1. The van der Waals surface area contributed by atoms with E-state index < -0.39 is 11.4 Å². The smallest absolute Gasteiger partial charge is 0.439 e. The Morgan fingerprint density at radius 1 is 0.941 bits per heavy atom. The molecule has 0 unspecified atom stereocenters. The van der Waals surface area contributed by atoms with Gasteiger partial charge in [-0.1, -0.05) is 67.5 Å². The lowest BCUT2D eigenvalue weighted by molar-refractivity contribution is 0.288. The number of benzene rings is 2. The standard InChI is InChI=1S/C25H26N4O5/c1-4-14-29-22(30)20(23(33-15-5-2)28(3)25(29)32)17-12-10-16(11-13-17)18-8-6-7-9-19(18)21-26-24(31)34-27-21/h6-13H,4-5,14-15H2,1-3H3,(H,26,27,31). The molecule has 0 spiro atoms. The summed E-state index contributed by atoms with van der Waals surface area (Å²) in [7, 11) is 1.62. The predicted octanol–water partition coefficient (Wildman–Crippen LogP) is 3.42. The Hall–Kier alpha value is -4.14. The lowest BCUT2D eigenvalue weighted by Crippen LogP contribution is -2.40. The summed E-state index contributed by atoms with van der Waals surface area (Å²) in [6.45, 7) is 4.60. The Morgan fingerprint density at radius 2 is 1.62 bits per heavy atom. The zero-order chi connectivity index (χ0) is 24.2. The van der Waals surface area contributed by atoms with Gasteiger partial charge in [0.25, 0.3) is 5.56 Å². The van der Waals surface area contributed by atoms with Crippen molar-refractivity contribution in [2.24, 2.45) is 7.05 Å². The molecule has 2 aromatic carbocycles. The van der Waals surface area contributed by atoms with Crippen molar-refractivity contribution < 1.29 is 9.26 Å². The SMILES string of the molecule is CCCOc1c(-c2ccc(-c3ccccc3-c3noc(=O)[nH]3)cc2)c(=O)n(CCC)c(=O)n1C. The van der Waals surface area contributed by atoms with E-state index in [0.717, 1.165) is 17.5 Å². The first-order valence-electron chi connectivity index (χ1n) is 11.2. The number of hydrogen-bond acceptors (Lipinski definition) is 6. The van der Waals surface area contributed by atoms with Crippen LogP contribution in [0.1, 0.15) is 26.7 Å². The number of rotatable bonds is 8. The van der Waals surface area contributed by atoms with Gasteiger partial charge in [0.1, 0.15) is 5.56 Å². The summed E-state index contributed by atoms with van der Waals surface area (Å²) >= 11 is 0. The van der Waals surface area contributed by atoms with E-state index in [1.807, 2.05) is 62.4 Å². The molecule has 0 saturated carbocycles. The molecular weight excluding hydrogens is 436 g/mol. The maximum Gasteiger partial charge on any atom is 0.439 e. The summed E-state index contributed by atoms with van der Waals surface area (Å²) in [6.07, 6.45) is 1.40. The van der Waals surface area contributed by atoms with Gasteiger partial charge in [-0.3, -0.25) is 23.4 Å². The minimum absolute atomic E-state index is 0.262. The van der Waals surface area contributed by atoms with Gasteiger partial charge in [-0.25, -0.2) is 9.59 Å². The highest BCUT2D eigenvalue weighted by molar-refractivity contribution is 5.81. The Morgan fingerprint density at radius 3 is 2.24 bits per heavy atom. The fourth-order valence-electron chi connectivity index (χ4n) is 3.89. The highest BCUT2D eigenvalue weighted by Gasteiger charge is 2.20. The molecule has 0 saturated heterocycles. The molecule has 0 radical (unpaired) electrons. The number of nitrogens with zero attached hydrogens (tertiary/aromatic N) is 3. The Labute approximate surface area is 195 Å². The topological polar surface area (TPSA) is 112 Å². The summed E-state index contributed by atoms with van der Waals surface area (Å²) in [5.41, 5.74) is 2.64. The van der Waals surface area contributed by atoms with Crippen LogP contribution in [-0.4, -0.2) is 25.9 Å². The molecule has 0 amide bonds. The van der Waals surface area contributed by atoms with Crippen molar-refractivity contribution in [1.29, 1.82) is 0 Å². The zero-order valence-corrected chi connectivity index (χ0v) is 19.3. The van der Waals surface area contributed by atoms with E-state index in [1.165, 1.54) is 9.13 Å². The quantitative estimate of drug-likeness (QED) is 0.429. The second-order valence-corrected chi connectivity index (χ2v) is 7.89. The first-order chi connectivity index (χ1) is 16.5. The second kappa shape index (κ2) is 9.78. The molecule has 9 nitrogen and oxygen atoms in total. The molecule has 176 valence electrons. The Kier molecular flexibility index (Phi) is 6.62. The van der Waals surface area contributed by atoms with Crippen LogP contribution in [-0.2, 0) is 13.6 Å². The first-order valence-corrected chi connectivity index (χ1v) is 11.2. The maximum atomic E-state index is 13.3. The van der Waals surface area contributed by atoms with Crippen LogP contribution in [0, 0.1) is 0 Å². The number of H-pyrrole nitrogens is 1. The minimum Gasteiger partial charge on any atom is -0.478 e. The molecule has 2 heterocycles. The molecule has 4 aromatic rings. The van der Waals surface area contributed by atoms with E-state index in [2.05, 4.69) is 14.7 Å². The molecule has 0 atom stereocenters. The minimum atomic E-state index is -0.627. The van der Waals surface area contributed by atoms with Gasteiger partial charge in [0, 0.05) is 19.2 Å². The molecular formula is C25H26N4O5. The maximum absolute atomic E-state index is 13.3. The average Bonchev–Trinajstić information content (AvgIpc) is 3.29. The largest absolute Gasteiger partial charge is 0.478 e. The van der Waals surface area contributed by atoms with Crippen molar-refractivity contribution in [2.75, 3.05) is 6.61 Å². The predicted molar refractivity (Wildman–Crippen MR) is 129 cm³/mol. The average molecular weight is 463 g/mol. The van der Waals surface area contributed by atoms with E-state index >= 15 is 0 Å². The van der Waals surface area contributed by atoms with Crippen molar-refractivity contribution >= 4 is 0 Å². The van der Waals surface area contributed by atoms with Crippen LogP contribution in [0.4, 0.5) is 0 Å². The molecule has 2 aromatic heterocycles. The van der Waals surface area contributed by atoms with E-state index in [0.29, 0.717) is 42.1 Å². The van der Waals surface area contributed by atoms with E-state index in [1.54, 1.807) is 7.05 Å². The summed E-state index contributed by atoms with van der Waals surface area (Å²) in [6, 6.07) is 14.9. The molecule has 0 aliphatic heterocycles. The van der Waals surface area contributed by atoms with Gasteiger partial charge in [-0.15, -0.1) is 0 Å². The van der Waals surface area contributed by atoms with E-state index in [4.69, 9.17) is 4.74 Å². The molecule has 9 heteroatoms. The highest BCUT2D eigenvalue weighted by Crippen LogP contribution is 2.32. The van der Waals surface area contributed by atoms with Crippen molar-refractivity contribution in [3.8, 4) is 39.5 Å². The summed E-state index contributed by atoms with van der Waals surface area (Å²) in [5.74, 6) is -0.0317. The van der Waals surface area contributed by atoms with Crippen LogP contribution in [0.25, 0.3) is 33.6 Å². The lowest BCUT2D eigenvalue weighted by atomic mass is 9.97. The van der Waals surface area contributed by atoms with E-state index in [9.17, 15) is 14.4 Å². The fourth-order valence-corrected chi connectivity index (χ4v) is 3.89. The van der Waals surface area contributed by atoms with Gasteiger partial charge >= 0.3 is 11.4 Å². The van der Waals surface area contributed by atoms with E-state index in [-0.39, 0.29) is 11.4 Å². The molecule has 0 aliphatic rings. The van der Waals surface area contributed by atoms with Crippen LogP contribution in [0.5, 0.6) is 5.88 Å². The number of aromatic nitrogens is 4. The molecule has 0 aliphatic carbocycles. The summed E-state index contributed by atoms with van der Waals surface area (Å²) in [5, 5.41) is 3.80. The fraction of sp³-hybridized carbons (Fsp3) is 0.280. The van der Waals surface area contributed by atoms with Gasteiger partial charge in [-0.05, 0) is 29.5 Å². The van der Waals surface area contributed by atoms with Gasteiger partial charge < -0.3 is 4.74 Å². The number of hydrogen-bond donors (Lipinski definition) is 1. The molecule has 1 N–H and O–H groups in total. The Balaban J connectivity index is 1.84. The van der Waals surface area contributed by atoms with Crippen molar-refractivity contribution in [3.05, 3.63) is 79.9 Å². The number of nitrogens with one attached hydrogen (secondary N) is 1. The van der Waals surface area contributed by atoms with Gasteiger partial charge in [0.2, 0.25) is 5.88 Å². The van der Waals surface area contributed by atoms with Crippen LogP contribution < -0.4 is 21.7 Å². The highest BCUT2D eigenvalue weighted by atomic mass is 16.5. The van der Waals surface area contributed by atoms with Crippen molar-refractivity contribution in [1.82, 2.24) is 19.3 Å². The molecule has 4 rings (SSSR count). The van der Waals surface area contributed by atoms with Crippen LogP contribution in [0.2, 0.25) is 0 Å². The normalized spacial score (nSPS) is 11.0. The van der Waals surface area contributed by atoms with Crippen LogP contribution in [0.3, 0.4) is 0 Å². The monoisotopic (exact) mass is 462 g/mol. The van der Waals surface area contributed by atoms with Crippen molar-refractivity contribution in [2.45, 2.75) is 33.2 Å². The Bertz CT molecular complexity index is 1470. The third-order valence-corrected chi connectivity index (χ3v) is 5.49. The van der Waals surface area contributed by atoms with Crippen LogP contribution in [0.15, 0.2) is 67.4 Å². The summed E-state index contributed by atoms with van der Waals surface area (Å²) in [4.78, 5) is 40.1. The van der Waals surface area contributed by atoms with Gasteiger partial charge in [0.05, 0.1) is 6.61 Å². The van der Waals surface area contributed by atoms with Crippen LogP contribution >= 0.6 is 0 Å². The number of ether oxygens (including phenoxy) is 1. The van der Waals surface area contributed by atoms with Gasteiger partial charge in [0.15, 0.2) is 5.82 Å². The third-order valence-electron chi connectivity index (χ3n) is 5.49. The second-order valence-electron chi connectivity index (χ2n) is 7.89. The molecule has 0 fully saturated rings. The molecule has 0 bridgehead atoms. The zero-order valence-electron chi connectivity index (χ0n) is 19.3. The summed E-state index contributed by atoms with van der Waals surface area (Å²) < 4.78 is 13.2.